The van der Waals surface area contributed by atoms with Crippen molar-refractivity contribution in [3.63, 3.8) is 0 Å². The molecule has 24 heavy (non-hydrogen) atoms. The number of nitrogens with zero attached hydrogens (tertiary/aromatic N) is 1. The molecule has 0 saturated heterocycles. The number of aryl methyl sites for hydroxylation is 1. The van der Waals surface area contributed by atoms with Gasteiger partial charge in [-0.05, 0) is 31.2 Å². The third-order valence-corrected chi connectivity index (χ3v) is 3.59. The van der Waals surface area contributed by atoms with Gasteiger partial charge in [-0.1, -0.05) is 24.3 Å². The van der Waals surface area contributed by atoms with Crippen LogP contribution in [0, 0.1) is 18.3 Å². The number of carbonyl (C=O) groups is 2. The minimum absolute atomic E-state index is 0.141. The van der Waals surface area contributed by atoms with Gasteiger partial charge in [0.1, 0.15) is 5.58 Å². The molecule has 0 aliphatic carbocycles. The number of rotatable bonds is 2. The SMILES string of the molecule is Cc1c(C(=O)NNC(=O)c2cccc(C#N)c2)oc2ccccc12. The van der Waals surface area contributed by atoms with Gasteiger partial charge in [0.15, 0.2) is 5.76 Å². The third-order valence-electron chi connectivity index (χ3n) is 3.59. The Morgan fingerprint density at radius 3 is 2.54 bits per heavy atom. The Hall–Kier alpha value is -3.59. The second-order valence-corrected chi connectivity index (χ2v) is 5.15. The number of hydrogen-bond acceptors (Lipinski definition) is 4. The molecular formula is C18H13N3O3. The summed E-state index contributed by atoms with van der Waals surface area (Å²) in [6.07, 6.45) is 0. The van der Waals surface area contributed by atoms with Gasteiger partial charge in [0.2, 0.25) is 0 Å². The summed E-state index contributed by atoms with van der Waals surface area (Å²) in [6, 6.07) is 15.4. The zero-order valence-corrected chi connectivity index (χ0v) is 12.8. The van der Waals surface area contributed by atoms with Crippen molar-refractivity contribution >= 4 is 22.8 Å². The van der Waals surface area contributed by atoms with Crippen LogP contribution in [-0.4, -0.2) is 11.8 Å². The summed E-state index contributed by atoms with van der Waals surface area (Å²) in [4.78, 5) is 24.3. The highest BCUT2D eigenvalue weighted by atomic mass is 16.3. The second kappa shape index (κ2) is 6.26. The topological polar surface area (TPSA) is 95.1 Å². The van der Waals surface area contributed by atoms with Gasteiger partial charge in [-0.15, -0.1) is 0 Å². The number of hydrazine groups is 1. The van der Waals surface area contributed by atoms with Gasteiger partial charge >= 0.3 is 5.91 Å². The number of carbonyl (C=O) groups excluding carboxylic acids is 2. The average molecular weight is 319 g/mol. The van der Waals surface area contributed by atoms with E-state index in [1.807, 2.05) is 24.3 Å². The highest BCUT2D eigenvalue weighted by molar-refractivity contribution is 6.01. The lowest BCUT2D eigenvalue weighted by molar-refractivity contribution is 0.0831. The van der Waals surface area contributed by atoms with E-state index in [9.17, 15) is 9.59 Å². The fourth-order valence-electron chi connectivity index (χ4n) is 2.36. The molecule has 0 aliphatic rings. The van der Waals surface area contributed by atoms with E-state index in [-0.39, 0.29) is 11.3 Å². The summed E-state index contributed by atoms with van der Waals surface area (Å²) in [5, 5.41) is 9.69. The minimum Gasteiger partial charge on any atom is -0.451 e. The number of benzene rings is 2. The number of nitrogens with one attached hydrogen (secondary N) is 2. The van der Waals surface area contributed by atoms with E-state index in [2.05, 4.69) is 10.9 Å². The maximum atomic E-state index is 12.2. The highest BCUT2D eigenvalue weighted by Gasteiger charge is 2.18. The van der Waals surface area contributed by atoms with Crippen LogP contribution >= 0.6 is 0 Å². The maximum Gasteiger partial charge on any atom is 0.305 e. The van der Waals surface area contributed by atoms with Crippen LogP contribution in [0.1, 0.15) is 32.0 Å². The summed E-state index contributed by atoms with van der Waals surface area (Å²) < 4.78 is 5.53. The van der Waals surface area contributed by atoms with Crippen LogP contribution in [0.25, 0.3) is 11.0 Å². The average Bonchev–Trinajstić information content (AvgIpc) is 2.96. The summed E-state index contributed by atoms with van der Waals surface area (Å²) in [6.45, 7) is 1.78. The van der Waals surface area contributed by atoms with Gasteiger partial charge in [0.25, 0.3) is 5.91 Å². The van der Waals surface area contributed by atoms with Crippen LogP contribution in [0.2, 0.25) is 0 Å². The van der Waals surface area contributed by atoms with E-state index in [0.717, 1.165) is 5.39 Å². The quantitative estimate of drug-likeness (QED) is 0.710. The molecule has 0 unspecified atom stereocenters. The first kappa shape index (κ1) is 15.3. The largest absolute Gasteiger partial charge is 0.451 e. The fourth-order valence-corrected chi connectivity index (χ4v) is 2.36. The molecule has 0 spiro atoms. The summed E-state index contributed by atoms with van der Waals surface area (Å²) in [5.41, 5.74) is 6.57. The molecule has 1 aromatic heterocycles. The molecule has 118 valence electrons. The molecule has 1 heterocycles. The standard InChI is InChI=1S/C18H13N3O3/c1-11-14-7-2-3-8-15(14)24-16(11)18(23)21-20-17(22)13-6-4-5-12(9-13)10-19/h2-9H,1H3,(H,20,22)(H,21,23). The van der Waals surface area contributed by atoms with Crippen molar-refractivity contribution in [1.82, 2.24) is 10.9 Å². The Kier molecular flexibility index (Phi) is 4.00. The summed E-state index contributed by atoms with van der Waals surface area (Å²) in [5.74, 6) is -0.926. The van der Waals surface area contributed by atoms with Gasteiger partial charge in [0, 0.05) is 16.5 Å². The van der Waals surface area contributed by atoms with Crippen LogP contribution in [0.15, 0.2) is 52.9 Å². The van der Waals surface area contributed by atoms with Crippen molar-refractivity contribution in [2.45, 2.75) is 6.92 Å². The van der Waals surface area contributed by atoms with E-state index in [1.54, 1.807) is 31.2 Å². The Bertz CT molecular complexity index is 983. The summed E-state index contributed by atoms with van der Waals surface area (Å²) in [7, 11) is 0. The Morgan fingerprint density at radius 1 is 1.04 bits per heavy atom. The minimum atomic E-state index is -0.548. The molecule has 0 atom stereocenters. The lowest BCUT2D eigenvalue weighted by Crippen LogP contribution is -2.41. The molecular weight excluding hydrogens is 306 g/mol. The van der Waals surface area contributed by atoms with Crippen molar-refractivity contribution in [2.75, 3.05) is 0 Å². The first-order chi connectivity index (χ1) is 11.6. The summed E-state index contributed by atoms with van der Waals surface area (Å²) >= 11 is 0. The van der Waals surface area contributed by atoms with Crippen LogP contribution in [0.3, 0.4) is 0 Å². The first-order valence-corrected chi connectivity index (χ1v) is 7.19. The van der Waals surface area contributed by atoms with Crippen LogP contribution in [0.5, 0.6) is 0 Å². The predicted octanol–water partition coefficient (Wildman–Crippen LogP) is 2.69. The number of furan rings is 1. The van der Waals surface area contributed by atoms with Gasteiger partial charge in [-0.2, -0.15) is 5.26 Å². The lowest BCUT2D eigenvalue weighted by atomic mass is 10.1. The van der Waals surface area contributed by atoms with Crippen molar-refractivity contribution < 1.29 is 14.0 Å². The zero-order valence-electron chi connectivity index (χ0n) is 12.8. The molecule has 0 bridgehead atoms. The van der Waals surface area contributed by atoms with E-state index in [4.69, 9.17) is 9.68 Å². The van der Waals surface area contributed by atoms with Gasteiger partial charge in [-0.25, -0.2) is 0 Å². The van der Waals surface area contributed by atoms with Crippen LogP contribution in [-0.2, 0) is 0 Å². The van der Waals surface area contributed by atoms with Crippen molar-refractivity contribution in [3.05, 3.63) is 71.0 Å². The van der Waals surface area contributed by atoms with E-state index in [1.165, 1.54) is 6.07 Å². The smallest absolute Gasteiger partial charge is 0.305 e. The molecule has 0 radical (unpaired) electrons. The molecule has 3 aromatic rings. The van der Waals surface area contributed by atoms with Crippen molar-refractivity contribution in [3.8, 4) is 6.07 Å². The molecule has 6 heteroatoms. The molecule has 2 amide bonds. The van der Waals surface area contributed by atoms with Gasteiger partial charge in [-0.3, -0.25) is 20.4 Å². The third kappa shape index (κ3) is 2.83. The molecule has 0 saturated carbocycles. The van der Waals surface area contributed by atoms with E-state index in [0.29, 0.717) is 16.7 Å². The second-order valence-electron chi connectivity index (χ2n) is 5.15. The lowest BCUT2D eigenvalue weighted by Gasteiger charge is -2.06. The van der Waals surface area contributed by atoms with Crippen LogP contribution < -0.4 is 10.9 Å². The molecule has 0 fully saturated rings. The normalized spacial score (nSPS) is 10.2. The zero-order chi connectivity index (χ0) is 17.1. The molecule has 6 nitrogen and oxygen atoms in total. The Morgan fingerprint density at radius 2 is 1.79 bits per heavy atom. The van der Waals surface area contributed by atoms with E-state index >= 15 is 0 Å². The Balaban J connectivity index is 1.74. The monoisotopic (exact) mass is 319 g/mol. The highest BCUT2D eigenvalue weighted by Crippen LogP contribution is 2.24. The van der Waals surface area contributed by atoms with Crippen molar-refractivity contribution in [1.29, 1.82) is 5.26 Å². The molecule has 2 aromatic carbocycles. The molecule has 0 aliphatic heterocycles. The van der Waals surface area contributed by atoms with Crippen LogP contribution in [0.4, 0.5) is 0 Å². The van der Waals surface area contributed by atoms with Gasteiger partial charge < -0.3 is 4.42 Å². The number of nitriles is 1. The maximum absolute atomic E-state index is 12.2. The van der Waals surface area contributed by atoms with Gasteiger partial charge in [0.05, 0.1) is 11.6 Å². The first-order valence-electron chi connectivity index (χ1n) is 7.19. The molecule has 3 rings (SSSR count). The Labute approximate surface area is 137 Å². The van der Waals surface area contributed by atoms with E-state index < -0.39 is 11.8 Å². The number of hydrogen-bond donors (Lipinski definition) is 2. The number of para-hydroxylation sites is 1. The van der Waals surface area contributed by atoms with Crippen molar-refractivity contribution in [2.24, 2.45) is 0 Å². The number of fused-ring (bicyclic) bond motifs is 1. The predicted molar refractivity (Wildman–Crippen MR) is 87.0 cm³/mol. The number of amides is 2. The molecule has 2 N–H and O–H groups in total. The fraction of sp³-hybridized carbons (Fsp3) is 0.0556.